The van der Waals surface area contributed by atoms with Crippen molar-refractivity contribution < 1.29 is 4.79 Å². The summed E-state index contributed by atoms with van der Waals surface area (Å²) >= 11 is 0. The minimum absolute atomic E-state index is 0.322. The van der Waals surface area contributed by atoms with E-state index in [0.717, 1.165) is 32.2 Å². The fraction of sp³-hybridized carbons (Fsp3) is 0.850. The zero-order valence-electron chi connectivity index (χ0n) is 15.4. The first-order valence-electron chi connectivity index (χ1n) is 9.61. The first-order valence-corrected chi connectivity index (χ1v) is 9.61. The maximum absolute atomic E-state index is 11.9. The van der Waals surface area contributed by atoms with E-state index in [1.165, 1.54) is 57.8 Å². The van der Waals surface area contributed by atoms with Crippen molar-refractivity contribution in [3.63, 3.8) is 0 Å². The molecule has 1 amide bonds. The van der Waals surface area contributed by atoms with Crippen molar-refractivity contribution in [3.8, 4) is 0 Å². The molecule has 0 saturated heterocycles. The number of hydrogen-bond donors (Lipinski definition) is 0. The van der Waals surface area contributed by atoms with Gasteiger partial charge in [0, 0.05) is 20.0 Å². The molecule has 0 bridgehead atoms. The van der Waals surface area contributed by atoms with Gasteiger partial charge in [-0.15, -0.1) is 0 Å². The van der Waals surface area contributed by atoms with Crippen molar-refractivity contribution in [1.29, 1.82) is 0 Å². The second-order valence-corrected chi connectivity index (χ2v) is 6.44. The average Bonchev–Trinajstić information content (AvgIpc) is 2.53. The van der Waals surface area contributed by atoms with Crippen LogP contribution in [0.3, 0.4) is 0 Å². The van der Waals surface area contributed by atoms with Crippen LogP contribution in [0, 0.1) is 0 Å². The van der Waals surface area contributed by atoms with Gasteiger partial charge >= 0.3 is 0 Å². The predicted molar refractivity (Wildman–Crippen MR) is 98.1 cm³/mol. The van der Waals surface area contributed by atoms with Crippen LogP contribution < -0.4 is 0 Å². The minimum Gasteiger partial charge on any atom is -0.346 e. The first-order chi connectivity index (χ1) is 10.7. The minimum atomic E-state index is 0.322. The Morgan fingerprint density at radius 2 is 1.32 bits per heavy atom. The summed E-state index contributed by atoms with van der Waals surface area (Å²) in [7, 11) is 1.95. The lowest BCUT2D eigenvalue weighted by atomic mass is 10.1. The van der Waals surface area contributed by atoms with Crippen LogP contribution in [0.25, 0.3) is 0 Å². The lowest BCUT2D eigenvalue weighted by molar-refractivity contribution is -0.130. The van der Waals surface area contributed by atoms with E-state index in [-0.39, 0.29) is 0 Å². The Bertz CT molecular complexity index is 273. The molecule has 0 spiro atoms. The van der Waals surface area contributed by atoms with Crippen LogP contribution in [0.5, 0.6) is 0 Å². The van der Waals surface area contributed by atoms with Crippen LogP contribution in [0.4, 0.5) is 0 Å². The van der Waals surface area contributed by atoms with Gasteiger partial charge in [-0.3, -0.25) is 4.79 Å². The van der Waals surface area contributed by atoms with Gasteiger partial charge in [0.2, 0.25) is 5.91 Å². The number of carbonyl (C=O) groups excluding carboxylic acids is 1. The molecule has 0 rings (SSSR count). The highest BCUT2D eigenvalue weighted by atomic mass is 16.2. The van der Waals surface area contributed by atoms with Gasteiger partial charge in [-0.2, -0.15) is 0 Å². The molecule has 0 aliphatic heterocycles. The molecule has 0 aliphatic rings. The van der Waals surface area contributed by atoms with E-state index in [4.69, 9.17) is 0 Å². The monoisotopic (exact) mass is 309 g/mol. The first kappa shape index (κ1) is 21.2. The Kier molecular flexibility index (Phi) is 16.0. The molecule has 0 aliphatic carbocycles. The SMILES string of the molecule is CCCCCC/C=C\CCCCN(C)C(=O)CCCCCC. The average molecular weight is 310 g/mol. The van der Waals surface area contributed by atoms with Crippen molar-refractivity contribution in [2.24, 2.45) is 0 Å². The summed E-state index contributed by atoms with van der Waals surface area (Å²) in [5.41, 5.74) is 0. The van der Waals surface area contributed by atoms with Gasteiger partial charge < -0.3 is 4.90 Å². The Morgan fingerprint density at radius 1 is 0.773 bits per heavy atom. The third-order valence-electron chi connectivity index (χ3n) is 4.18. The van der Waals surface area contributed by atoms with Crippen LogP contribution in [-0.2, 0) is 4.79 Å². The molecule has 0 aromatic heterocycles. The van der Waals surface area contributed by atoms with E-state index in [2.05, 4.69) is 26.0 Å². The van der Waals surface area contributed by atoms with Gasteiger partial charge in [0.15, 0.2) is 0 Å². The maximum Gasteiger partial charge on any atom is 0.222 e. The molecule has 0 aromatic carbocycles. The summed E-state index contributed by atoms with van der Waals surface area (Å²) in [4.78, 5) is 13.8. The molecule has 0 heterocycles. The number of carbonyl (C=O) groups is 1. The zero-order valence-corrected chi connectivity index (χ0v) is 15.4. The highest BCUT2D eigenvalue weighted by molar-refractivity contribution is 5.75. The van der Waals surface area contributed by atoms with Crippen molar-refractivity contribution in [2.75, 3.05) is 13.6 Å². The van der Waals surface area contributed by atoms with Crippen LogP contribution in [0.15, 0.2) is 12.2 Å². The summed E-state index contributed by atoms with van der Waals surface area (Å²) in [6.45, 7) is 5.37. The normalized spacial score (nSPS) is 11.2. The lowest BCUT2D eigenvalue weighted by Crippen LogP contribution is -2.27. The summed E-state index contributed by atoms with van der Waals surface area (Å²) in [5.74, 6) is 0.322. The highest BCUT2D eigenvalue weighted by Gasteiger charge is 2.07. The van der Waals surface area contributed by atoms with E-state index >= 15 is 0 Å². The van der Waals surface area contributed by atoms with Crippen molar-refractivity contribution in [3.05, 3.63) is 12.2 Å². The molecule has 0 radical (unpaired) electrons. The quantitative estimate of drug-likeness (QED) is 0.264. The highest BCUT2D eigenvalue weighted by Crippen LogP contribution is 2.07. The third-order valence-corrected chi connectivity index (χ3v) is 4.18. The van der Waals surface area contributed by atoms with E-state index in [1.807, 2.05) is 11.9 Å². The van der Waals surface area contributed by atoms with E-state index in [1.54, 1.807) is 0 Å². The molecule has 0 aromatic rings. The molecule has 0 N–H and O–H groups in total. The molecule has 2 heteroatoms. The third kappa shape index (κ3) is 14.2. The number of unbranched alkanes of at least 4 members (excludes halogenated alkanes) is 9. The molecule has 2 nitrogen and oxygen atoms in total. The second-order valence-electron chi connectivity index (χ2n) is 6.44. The topological polar surface area (TPSA) is 20.3 Å². The smallest absolute Gasteiger partial charge is 0.222 e. The van der Waals surface area contributed by atoms with Gasteiger partial charge in [0.1, 0.15) is 0 Å². The molecule has 0 unspecified atom stereocenters. The van der Waals surface area contributed by atoms with Gasteiger partial charge in [-0.1, -0.05) is 64.5 Å². The van der Waals surface area contributed by atoms with Crippen molar-refractivity contribution in [1.82, 2.24) is 4.90 Å². The van der Waals surface area contributed by atoms with E-state index < -0.39 is 0 Å². The summed E-state index contributed by atoms with van der Waals surface area (Å²) in [6, 6.07) is 0. The van der Waals surface area contributed by atoms with Gasteiger partial charge in [-0.25, -0.2) is 0 Å². The van der Waals surface area contributed by atoms with Crippen LogP contribution >= 0.6 is 0 Å². The van der Waals surface area contributed by atoms with Crippen LogP contribution in [-0.4, -0.2) is 24.4 Å². The number of amides is 1. The fourth-order valence-electron chi connectivity index (χ4n) is 2.55. The predicted octanol–water partition coefficient (Wildman–Crippen LogP) is 6.11. The number of allylic oxidation sites excluding steroid dienone is 2. The molecule has 130 valence electrons. The number of nitrogens with zero attached hydrogens (tertiary/aromatic N) is 1. The molecule has 0 fully saturated rings. The van der Waals surface area contributed by atoms with Gasteiger partial charge in [0.25, 0.3) is 0 Å². The van der Waals surface area contributed by atoms with E-state index in [0.29, 0.717) is 5.91 Å². The maximum atomic E-state index is 11.9. The van der Waals surface area contributed by atoms with E-state index in [9.17, 15) is 4.79 Å². The summed E-state index contributed by atoms with van der Waals surface area (Å²) in [5, 5.41) is 0. The Balaban J connectivity index is 3.41. The molecular formula is C20H39NO. The summed E-state index contributed by atoms with van der Waals surface area (Å²) < 4.78 is 0. The fourth-order valence-corrected chi connectivity index (χ4v) is 2.55. The standard InChI is InChI=1S/C20H39NO/c1-4-6-8-10-11-12-13-14-15-17-19-21(3)20(22)18-16-9-7-5-2/h12-13H,4-11,14-19H2,1-3H3/b13-12-. The van der Waals surface area contributed by atoms with Crippen molar-refractivity contribution in [2.45, 2.75) is 97.3 Å². The van der Waals surface area contributed by atoms with Crippen molar-refractivity contribution >= 4 is 5.91 Å². The molecular weight excluding hydrogens is 270 g/mol. The lowest BCUT2D eigenvalue weighted by Gasteiger charge is -2.16. The Morgan fingerprint density at radius 3 is 1.91 bits per heavy atom. The zero-order chi connectivity index (χ0) is 16.5. The molecule has 0 atom stereocenters. The molecule has 22 heavy (non-hydrogen) atoms. The molecule has 0 saturated carbocycles. The number of rotatable bonds is 15. The Labute approximate surface area is 139 Å². The second kappa shape index (κ2) is 16.6. The van der Waals surface area contributed by atoms with Gasteiger partial charge in [0.05, 0.1) is 0 Å². The van der Waals surface area contributed by atoms with Crippen LogP contribution in [0.2, 0.25) is 0 Å². The largest absolute Gasteiger partial charge is 0.346 e. The number of hydrogen-bond acceptors (Lipinski definition) is 1. The summed E-state index contributed by atoms with van der Waals surface area (Å²) in [6.07, 6.45) is 20.2. The van der Waals surface area contributed by atoms with Gasteiger partial charge in [-0.05, 0) is 38.5 Å². The Hall–Kier alpha value is -0.790. The van der Waals surface area contributed by atoms with Crippen LogP contribution in [0.1, 0.15) is 97.3 Å².